The molecular formula is C15H24N4. The smallest absolute Gasteiger partial charge is 0.136 e. The van der Waals surface area contributed by atoms with Gasteiger partial charge in [-0.25, -0.2) is 9.97 Å². The van der Waals surface area contributed by atoms with Crippen molar-refractivity contribution in [1.29, 1.82) is 0 Å². The topological polar surface area (TPSA) is 41.0 Å². The van der Waals surface area contributed by atoms with Crippen LogP contribution >= 0.6 is 0 Å². The molecule has 4 nitrogen and oxygen atoms in total. The van der Waals surface area contributed by atoms with E-state index in [1.165, 1.54) is 38.5 Å². The summed E-state index contributed by atoms with van der Waals surface area (Å²) in [6, 6.07) is 2.83. The lowest BCUT2D eigenvalue weighted by Crippen LogP contribution is -2.28. The predicted octanol–water partition coefficient (Wildman–Crippen LogP) is 3.16. The Balaban J connectivity index is 1.85. The van der Waals surface area contributed by atoms with Gasteiger partial charge in [0.05, 0.1) is 0 Å². The summed E-state index contributed by atoms with van der Waals surface area (Å²) >= 11 is 0. The molecule has 104 valence electrons. The molecule has 1 heterocycles. The van der Waals surface area contributed by atoms with Gasteiger partial charge in [0, 0.05) is 31.6 Å². The van der Waals surface area contributed by atoms with Crippen LogP contribution < -0.4 is 10.2 Å². The van der Waals surface area contributed by atoms with Crippen molar-refractivity contribution in [3.63, 3.8) is 0 Å². The molecule has 4 heteroatoms. The quantitative estimate of drug-likeness (QED) is 0.817. The second kappa shape index (κ2) is 5.35. The summed E-state index contributed by atoms with van der Waals surface area (Å²) < 4.78 is 0. The molecule has 0 aliphatic heterocycles. The van der Waals surface area contributed by atoms with Crippen molar-refractivity contribution in [2.45, 2.75) is 57.4 Å². The summed E-state index contributed by atoms with van der Waals surface area (Å²) in [7, 11) is 1.94. The average Bonchev–Trinajstić information content (AvgIpc) is 3.30. The minimum Gasteiger partial charge on any atom is -0.373 e. The molecule has 0 amide bonds. The fourth-order valence-corrected chi connectivity index (χ4v) is 2.45. The number of rotatable bonds is 7. The molecule has 1 N–H and O–H groups in total. The minimum absolute atomic E-state index is 0.610. The van der Waals surface area contributed by atoms with Crippen LogP contribution in [0, 0.1) is 0 Å². The zero-order chi connectivity index (χ0) is 13.2. The largest absolute Gasteiger partial charge is 0.373 e. The van der Waals surface area contributed by atoms with Gasteiger partial charge in [0.25, 0.3) is 0 Å². The summed E-state index contributed by atoms with van der Waals surface area (Å²) in [5, 5.41) is 3.18. The van der Waals surface area contributed by atoms with Crippen molar-refractivity contribution >= 4 is 11.6 Å². The number of aromatic nitrogens is 2. The Hall–Kier alpha value is -1.32. The highest BCUT2D eigenvalue weighted by atomic mass is 15.2. The van der Waals surface area contributed by atoms with Gasteiger partial charge in [-0.3, -0.25) is 0 Å². The summed E-state index contributed by atoms with van der Waals surface area (Å²) in [5.41, 5.74) is 0. The lowest BCUT2D eigenvalue weighted by Gasteiger charge is -2.24. The molecule has 0 aromatic carbocycles. The normalized spacial score (nSPS) is 18.4. The van der Waals surface area contributed by atoms with Crippen molar-refractivity contribution in [2.24, 2.45) is 0 Å². The van der Waals surface area contributed by atoms with Crippen LogP contribution in [0.15, 0.2) is 6.07 Å². The minimum atomic E-state index is 0.610. The van der Waals surface area contributed by atoms with Gasteiger partial charge in [0.2, 0.25) is 0 Å². The highest BCUT2D eigenvalue weighted by Crippen LogP contribution is 2.40. The molecule has 2 fully saturated rings. The molecule has 3 rings (SSSR count). The molecule has 0 bridgehead atoms. The second-order valence-corrected chi connectivity index (χ2v) is 5.77. The van der Waals surface area contributed by atoms with Gasteiger partial charge in [-0.15, -0.1) is 0 Å². The van der Waals surface area contributed by atoms with Crippen LogP contribution in [0.3, 0.4) is 0 Å². The molecule has 1 aromatic rings. The van der Waals surface area contributed by atoms with E-state index < -0.39 is 0 Å². The van der Waals surface area contributed by atoms with Gasteiger partial charge in [0.1, 0.15) is 17.5 Å². The molecule has 0 saturated heterocycles. The van der Waals surface area contributed by atoms with Gasteiger partial charge in [0.15, 0.2) is 0 Å². The number of nitrogens with one attached hydrogen (secondary N) is 1. The molecule has 0 atom stereocenters. The average molecular weight is 260 g/mol. The van der Waals surface area contributed by atoms with E-state index in [0.717, 1.165) is 30.0 Å². The number of hydrogen-bond donors (Lipinski definition) is 1. The maximum Gasteiger partial charge on any atom is 0.136 e. The fraction of sp³-hybridized carbons (Fsp3) is 0.733. The Morgan fingerprint density at radius 2 is 2.05 bits per heavy atom. The van der Waals surface area contributed by atoms with E-state index in [4.69, 9.17) is 4.98 Å². The van der Waals surface area contributed by atoms with Gasteiger partial charge >= 0.3 is 0 Å². The van der Waals surface area contributed by atoms with Gasteiger partial charge in [-0.1, -0.05) is 13.3 Å². The first kappa shape index (κ1) is 12.7. The van der Waals surface area contributed by atoms with Crippen molar-refractivity contribution in [2.75, 3.05) is 23.8 Å². The molecular weight excluding hydrogens is 236 g/mol. The van der Waals surface area contributed by atoms with Gasteiger partial charge < -0.3 is 10.2 Å². The molecule has 19 heavy (non-hydrogen) atoms. The van der Waals surface area contributed by atoms with Gasteiger partial charge in [-0.05, 0) is 32.1 Å². The van der Waals surface area contributed by atoms with Crippen LogP contribution in [0.5, 0.6) is 0 Å². The Labute approximate surface area is 115 Å². The molecule has 0 unspecified atom stereocenters. The third kappa shape index (κ3) is 2.99. The standard InChI is InChI=1S/C15H24N4/c1-3-4-9-19(12-7-8-12)14-10-13(16-2)17-15(18-14)11-5-6-11/h10-12H,3-9H2,1-2H3,(H,16,17,18). The van der Waals surface area contributed by atoms with Crippen LogP contribution in [0.2, 0.25) is 0 Å². The highest BCUT2D eigenvalue weighted by Gasteiger charge is 2.32. The Bertz CT molecular complexity index is 438. The van der Waals surface area contributed by atoms with Crippen LogP contribution in [-0.2, 0) is 0 Å². The van der Waals surface area contributed by atoms with Crippen LogP contribution in [-0.4, -0.2) is 29.6 Å². The SMILES string of the molecule is CCCCN(c1cc(NC)nc(C2CC2)n1)C1CC1. The zero-order valence-electron chi connectivity index (χ0n) is 12.0. The third-order valence-corrected chi connectivity index (χ3v) is 3.96. The van der Waals surface area contributed by atoms with Crippen LogP contribution in [0.1, 0.15) is 57.2 Å². The van der Waals surface area contributed by atoms with E-state index in [2.05, 4.69) is 28.2 Å². The first-order valence-electron chi connectivity index (χ1n) is 7.65. The number of hydrogen-bond acceptors (Lipinski definition) is 4. The summed E-state index contributed by atoms with van der Waals surface area (Å²) in [4.78, 5) is 11.9. The Kier molecular flexibility index (Phi) is 3.58. The molecule has 2 saturated carbocycles. The van der Waals surface area contributed by atoms with E-state index in [1.807, 2.05) is 7.05 Å². The monoisotopic (exact) mass is 260 g/mol. The third-order valence-electron chi connectivity index (χ3n) is 3.96. The van der Waals surface area contributed by atoms with Crippen LogP contribution in [0.4, 0.5) is 11.6 Å². The van der Waals surface area contributed by atoms with E-state index in [1.54, 1.807) is 0 Å². The van der Waals surface area contributed by atoms with E-state index >= 15 is 0 Å². The molecule has 2 aliphatic rings. The molecule has 0 spiro atoms. The maximum absolute atomic E-state index is 4.83. The lowest BCUT2D eigenvalue weighted by molar-refractivity contribution is 0.700. The van der Waals surface area contributed by atoms with Gasteiger partial charge in [-0.2, -0.15) is 0 Å². The second-order valence-electron chi connectivity index (χ2n) is 5.77. The first-order chi connectivity index (χ1) is 9.31. The molecule has 1 aromatic heterocycles. The van der Waals surface area contributed by atoms with Crippen molar-refractivity contribution in [1.82, 2.24) is 9.97 Å². The van der Waals surface area contributed by atoms with E-state index in [9.17, 15) is 0 Å². The first-order valence-corrected chi connectivity index (χ1v) is 7.65. The number of nitrogens with zero attached hydrogens (tertiary/aromatic N) is 3. The van der Waals surface area contributed by atoms with Crippen molar-refractivity contribution in [3.05, 3.63) is 11.9 Å². The predicted molar refractivity (Wildman–Crippen MR) is 78.8 cm³/mol. The van der Waals surface area contributed by atoms with E-state index in [0.29, 0.717) is 5.92 Å². The number of anilines is 2. The Morgan fingerprint density at radius 1 is 1.26 bits per heavy atom. The van der Waals surface area contributed by atoms with Crippen molar-refractivity contribution in [3.8, 4) is 0 Å². The fourth-order valence-electron chi connectivity index (χ4n) is 2.45. The number of unbranched alkanes of at least 4 members (excludes halogenated alkanes) is 1. The summed E-state index contributed by atoms with van der Waals surface area (Å²) in [6.07, 6.45) is 7.63. The van der Waals surface area contributed by atoms with Crippen molar-refractivity contribution < 1.29 is 0 Å². The molecule has 0 radical (unpaired) electrons. The Morgan fingerprint density at radius 3 is 2.63 bits per heavy atom. The molecule has 2 aliphatic carbocycles. The van der Waals surface area contributed by atoms with Crippen LogP contribution in [0.25, 0.3) is 0 Å². The highest BCUT2D eigenvalue weighted by molar-refractivity contribution is 5.51. The zero-order valence-corrected chi connectivity index (χ0v) is 12.0. The summed E-state index contributed by atoms with van der Waals surface area (Å²) in [5.74, 6) is 3.76. The van der Waals surface area contributed by atoms with E-state index in [-0.39, 0.29) is 0 Å². The maximum atomic E-state index is 4.83. The summed E-state index contributed by atoms with van der Waals surface area (Å²) in [6.45, 7) is 3.38. The lowest BCUT2D eigenvalue weighted by atomic mass is 10.3.